The standard InChI is InChI=1S/C21H23N5O/c22-21(27)15-2-1-14-5-8-25(20(14)9-15)19-10-17-3-4-18(11-19)26(17)13-16-12-23-6-7-24-16/h1-2,5-9,12,17-19H,3-4,10-11,13H2,(H2,22,27). The molecule has 2 N–H and O–H groups in total. The molecule has 2 aliphatic heterocycles. The molecule has 138 valence electrons. The monoisotopic (exact) mass is 361 g/mol. The normalized spacial score (nSPS) is 25.1. The molecule has 1 amide bonds. The van der Waals surface area contributed by atoms with Gasteiger partial charge in [-0.25, -0.2) is 0 Å². The van der Waals surface area contributed by atoms with Crippen molar-refractivity contribution >= 4 is 16.8 Å². The minimum absolute atomic E-state index is 0.372. The first kappa shape index (κ1) is 16.4. The van der Waals surface area contributed by atoms with Crippen molar-refractivity contribution in [3.05, 3.63) is 60.3 Å². The van der Waals surface area contributed by atoms with Crippen molar-refractivity contribution < 1.29 is 4.79 Å². The Hall–Kier alpha value is -2.73. The van der Waals surface area contributed by atoms with Crippen molar-refractivity contribution in [1.82, 2.24) is 19.4 Å². The van der Waals surface area contributed by atoms with Gasteiger partial charge in [-0.15, -0.1) is 0 Å². The number of nitrogens with zero attached hydrogens (tertiary/aromatic N) is 4. The number of benzene rings is 1. The average Bonchev–Trinajstić information content (AvgIpc) is 3.19. The van der Waals surface area contributed by atoms with Gasteiger partial charge in [0.15, 0.2) is 0 Å². The molecule has 0 saturated carbocycles. The molecule has 3 aromatic rings. The highest BCUT2D eigenvalue weighted by Crippen LogP contribution is 2.42. The Balaban J connectivity index is 1.40. The van der Waals surface area contributed by atoms with E-state index in [1.165, 1.54) is 12.8 Å². The van der Waals surface area contributed by atoms with E-state index in [1.807, 2.05) is 24.4 Å². The van der Waals surface area contributed by atoms with Crippen molar-refractivity contribution in [2.45, 2.75) is 50.4 Å². The number of fused-ring (bicyclic) bond motifs is 3. The highest BCUT2D eigenvalue weighted by atomic mass is 16.1. The van der Waals surface area contributed by atoms with Gasteiger partial charge in [-0.05, 0) is 49.3 Å². The van der Waals surface area contributed by atoms with Crippen LogP contribution >= 0.6 is 0 Å². The summed E-state index contributed by atoms with van der Waals surface area (Å²) in [7, 11) is 0. The van der Waals surface area contributed by atoms with Gasteiger partial charge in [-0.1, -0.05) is 6.07 Å². The van der Waals surface area contributed by atoms with E-state index < -0.39 is 0 Å². The molecule has 27 heavy (non-hydrogen) atoms. The maximum Gasteiger partial charge on any atom is 0.248 e. The first-order valence-corrected chi connectivity index (χ1v) is 9.60. The number of piperidine rings is 1. The van der Waals surface area contributed by atoms with Gasteiger partial charge < -0.3 is 10.3 Å². The van der Waals surface area contributed by atoms with Crippen LogP contribution in [0.15, 0.2) is 49.1 Å². The summed E-state index contributed by atoms with van der Waals surface area (Å²) in [6.07, 6.45) is 12.3. The number of carbonyl (C=O) groups excluding carboxylic acids is 1. The molecule has 2 aliphatic rings. The Bertz CT molecular complexity index is 969. The number of nitrogens with two attached hydrogens (primary N) is 1. The number of hydrogen-bond acceptors (Lipinski definition) is 4. The van der Waals surface area contributed by atoms with Gasteiger partial charge in [0.2, 0.25) is 5.91 Å². The third-order valence-corrected chi connectivity index (χ3v) is 6.22. The van der Waals surface area contributed by atoms with Crippen LogP contribution in [0.3, 0.4) is 0 Å². The van der Waals surface area contributed by atoms with E-state index >= 15 is 0 Å². The molecule has 6 heteroatoms. The first-order chi connectivity index (χ1) is 13.2. The highest BCUT2D eigenvalue weighted by molar-refractivity contribution is 5.97. The van der Waals surface area contributed by atoms with E-state index in [9.17, 15) is 4.79 Å². The zero-order chi connectivity index (χ0) is 18.4. The summed E-state index contributed by atoms with van der Waals surface area (Å²) in [5.41, 5.74) is 8.21. The lowest BCUT2D eigenvalue weighted by molar-refractivity contribution is 0.0989. The van der Waals surface area contributed by atoms with Crippen LogP contribution in [0.2, 0.25) is 0 Å². The summed E-state index contributed by atoms with van der Waals surface area (Å²) in [6, 6.07) is 9.48. The molecular formula is C21H23N5O. The predicted molar refractivity (Wildman–Crippen MR) is 103 cm³/mol. The lowest BCUT2D eigenvalue weighted by Gasteiger charge is -2.39. The van der Waals surface area contributed by atoms with E-state index in [1.54, 1.807) is 12.4 Å². The van der Waals surface area contributed by atoms with Gasteiger partial charge in [0.25, 0.3) is 0 Å². The predicted octanol–water partition coefficient (Wildman–Crippen LogP) is 2.90. The van der Waals surface area contributed by atoms with Gasteiger partial charge in [-0.3, -0.25) is 19.7 Å². The zero-order valence-corrected chi connectivity index (χ0v) is 15.2. The van der Waals surface area contributed by atoms with Gasteiger partial charge in [0.05, 0.1) is 5.69 Å². The quantitative estimate of drug-likeness (QED) is 0.775. The van der Waals surface area contributed by atoms with Crippen LogP contribution in [0, 0.1) is 0 Å². The number of rotatable bonds is 4. The Morgan fingerprint density at radius 3 is 2.63 bits per heavy atom. The number of hydrogen-bond donors (Lipinski definition) is 1. The maximum absolute atomic E-state index is 11.6. The van der Waals surface area contributed by atoms with Gasteiger partial charge >= 0.3 is 0 Å². The number of aromatic nitrogens is 3. The topological polar surface area (TPSA) is 77.0 Å². The van der Waals surface area contributed by atoms with Crippen molar-refractivity contribution in [3.63, 3.8) is 0 Å². The SMILES string of the molecule is NC(=O)c1ccc2ccn(C3CC4CCC(C3)N4Cc3cnccn3)c2c1. The van der Waals surface area contributed by atoms with Crippen LogP contribution in [-0.2, 0) is 6.54 Å². The molecular weight excluding hydrogens is 338 g/mol. The maximum atomic E-state index is 11.6. The van der Waals surface area contributed by atoms with E-state index in [4.69, 9.17) is 5.73 Å². The molecule has 2 saturated heterocycles. The van der Waals surface area contributed by atoms with Crippen LogP contribution < -0.4 is 5.73 Å². The largest absolute Gasteiger partial charge is 0.366 e. The molecule has 4 heterocycles. The average molecular weight is 361 g/mol. The highest BCUT2D eigenvalue weighted by Gasteiger charge is 2.41. The van der Waals surface area contributed by atoms with Crippen molar-refractivity contribution in [1.29, 1.82) is 0 Å². The molecule has 0 aliphatic carbocycles. The number of primary amides is 1. The second kappa shape index (κ2) is 6.46. The minimum atomic E-state index is -0.372. The van der Waals surface area contributed by atoms with Crippen molar-refractivity contribution in [2.75, 3.05) is 0 Å². The lowest BCUT2D eigenvalue weighted by atomic mass is 9.96. The summed E-state index contributed by atoms with van der Waals surface area (Å²) in [6.45, 7) is 0.883. The third-order valence-electron chi connectivity index (χ3n) is 6.22. The second-order valence-electron chi connectivity index (χ2n) is 7.74. The molecule has 2 unspecified atom stereocenters. The number of amides is 1. The lowest BCUT2D eigenvalue weighted by Crippen LogP contribution is -2.42. The summed E-state index contributed by atoms with van der Waals surface area (Å²) in [5, 5.41) is 1.16. The number of carbonyl (C=O) groups is 1. The Morgan fingerprint density at radius 1 is 1.11 bits per heavy atom. The van der Waals surface area contributed by atoms with E-state index in [0.29, 0.717) is 23.7 Å². The molecule has 1 aromatic carbocycles. The molecule has 5 rings (SSSR count). The van der Waals surface area contributed by atoms with Crippen LogP contribution in [-0.4, -0.2) is 37.4 Å². The molecule has 2 bridgehead atoms. The summed E-state index contributed by atoms with van der Waals surface area (Å²) >= 11 is 0. The second-order valence-corrected chi connectivity index (χ2v) is 7.74. The first-order valence-electron chi connectivity index (χ1n) is 9.60. The van der Waals surface area contributed by atoms with Crippen LogP contribution in [0.4, 0.5) is 0 Å². The Labute approximate surface area is 158 Å². The molecule has 2 fully saturated rings. The molecule has 2 aromatic heterocycles. The summed E-state index contributed by atoms with van der Waals surface area (Å²) in [5.74, 6) is -0.372. The molecule has 2 atom stereocenters. The van der Waals surface area contributed by atoms with Crippen LogP contribution in [0.5, 0.6) is 0 Å². The minimum Gasteiger partial charge on any atom is -0.366 e. The smallest absolute Gasteiger partial charge is 0.248 e. The van der Waals surface area contributed by atoms with E-state index in [-0.39, 0.29) is 5.91 Å². The Kier molecular flexibility index (Phi) is 3.93. The molecule has 6 nitrogen and oxygen atoms in total. The van der Waals surface area contributed by atoms with E-state index in [2.05, 4.69) is 31.7 Å². The fraction of sp³-hybridized carbons (Fsp3) is 0.381. The van der Waals surface area contributed by atoms with Gasteiger partial charge in [0.1, 0.15) is 0 Å². The fourth-order valence-electron chi connectivity index (χ4n) is 4.95. The van der Waals surface area contributed by atoms with Crippen molar-refractivity contribution in [2.24, 2.45) is 5.73 Å². The van der Waals surface area contributed by atoms with Gasteiger partial charge in [0, 0.05) is 60.5 Å². The Morgan fingerprint density at radius 2 is 1.93 bits per heavy atom. The molecule has 0 spiro atoms. The summed E-state index contributed by atoms with van der Waals surface area (Å²) in [4.78, 5) is 22.8. The molecule has 0 radical (unpaired) electrons. The third kappa shape index (κ3) is 2.90. The van der Waals surface area contributed by atoms with Crippen LogP contribution in [0.25, 0.3) is 10.9 Å². The zero-order valence-electron chi connectivity index (χ0n) is 15.2. The fourth-order valence-corrected chi connectivity index (χ4v) is 4.95. The van der Waals surface area contributed by atoms with E-state index in [0.717, 1.165) is 36.0 Å². The summed E-state index contributed by atoms with van der Waals surface area (Å²) < 4.78 is 2.35. The van der Waals surface area contributed by atoms with Crippen LogP contribution in [0.1, 0.15) is 47.8 Å². The van der Waals surface area contributed by atoms with Gasteiger partial charge in [-0.2, -0.15) is 0 Å². The van der Waals surface area contributed by atoms with Crippen molar-refractivity contribution in [3.8, 4) is 0 Å².